The maximum Gasteiger partial charge on any atom is 0.361 e. The van der Waals surface area contributed by atoms with Crippen LogP contribution in [0.25, 0.3) is 22.3 Å². The molecule has 0 aliphatic rings. The van der Waals surface area contributed by atoms with Gasteiger partial charge in [-0.15, -0.1) is 5.10 Å². The predicted octanol–water partition coefficient (Wildman–Crippen LogP) is 3.49. The lowest BCUT2D eigenvalue weighted by molar-refractivity contribution is 0.0326. The lowest BCUT2D eigenvalue weighted by Crippen LogP contribution is -2.19. The Hall–Kier alpha value is -4.45. The number of aliphatic hydroxyl groups is 1. The first-order valence-electron chi connectivity index (χ1n) is 9.46. The lowest BCUT2D eigenvalue weighted by atomic mass is 10.1. The van der Waals surface area contributed by atoms with Crippen molar-refractivity contribution in [3.8, 4) is 11.8 Å². The Morgan fingerprint density at radius 3 is 2.58 bits per heavy atom. The summed E-state index contributed by atoms with van der Waals surface area (Å²) in [6.45, 7) is 3.10. The standard InChI is InChI=1S/C22H18N6O3/c1-13-19(27-28(26-13)15-8-4-3-5-9-15)22(30)31-14(2)20(29)16(12-23)21-24-17-10-6-7-11-18(17)25-21/h3-11,14,29H,1-2H3,(H,24,25)/b20-16-/t14-/m1/s1. The van der Waals surface area contributed by atoms with Crippen LogP contribution in [0.2, 0.25) is 0 Å². The van der Waals surface area contributed by atoms with Crippen LogP contribution >= 0.6 is 0 Å². The van der Waals surface area contributed by atoms with Crippen LogP contribution in [0.1, 0.15) is 28.9 Å². The number of aliphatic hydroxyl groups excluding tert-OH is 1. The van der Waals surface area contributed by atoms with Crippen LogP contribution in [0, 0.1) is 18.3 Å². The van der Waals surface area contributed by atoms with Crippen molar-refractivity contribution in [1.82, 2.24) is 25.0 Å². The molecule has 1 atom stereocenters. The molecule has 9 heteroatoms. The molecule has 2 N–H and O–H groups in total. The summed E-state index contributed by atoms with van der Waals surface area (Å²) in [6.07, 6.45) is -1.10. The zero-order valence-electron chi connectivity index (χ0n) is 16.8. The molecule has 0 bridgehead atoms. The Kier molecular flexibility index (Phi) is 5.20. The van der Waals surface area contributed by atoms with Crippen molar-refractivity contribution >= 4 is 22.6 Å². The van der Waals surface area contributed by atoms with Gasteiger partial charge in [0, 0.05) is 0 Å². The molecule has 2 aromatic carbocycles. The summed E-state index contributed by atoms with van der Waals surface area (Å²) in [5.74, 6) is -0.987. The van der Waals surface area contributed by atoms with Crippen molar-refractivity contribution in [2.24, 2.45) is 0 Å². The fraction of sp³-hybridized carbons (Fsp3) is 0.136. The van der Waals surface area contributed by atoms with E-state index in [1.807, 2.05) is 36.4 Å². The minimum atomic E-state index is -1.10. The third-order valence-corrected chi connectivity index (χ3v) is 4.63. The van der Waals surface area contributed by atoms with E-state index in [1.165, 1.54) is 11.7 Å². The molecule has 4 rings (SSSR count). The number of nitriles is 1. The van der Waals surface area contributed by atoms with E-state index in [9.17, 15) is 15.2 Å². The van der Waals surface area contributed by atoms with E-state index in [0.717, 1.165) is 5.52 Å². The molecule has 31 heavy (non-hydrogen) atoms. The monoisotopic (exact) mass is 414 g/mol. The van der Waals surface area contributed by atoms with E-state index >= 15 is 0 Å². The highest BCUT2D eigenvalue weighted by molar-refractivity contribution is 5.89. The molecule has 154 valence electrons. The Labute approximate surface area is 177 Å². The van der Waals surface area contributed by atoms with E-state index in [0.29, 0.717) is 16.9 Å². The SMILES string of the molecule is Cc1nn(-c2ccccc2)nc1C(=O)O[C@H](C)/C(O)=C(\C#N)c1nc2ccccc2[nH]1. The van der Waals surface area contributed by atoms with E-state index < -0.39 is 17.8 Å². The minimum absolute atomic E-state index is 0.0192. The number of imidazole rings is 1. The molecule has 0 saturated carbocycles. The first kappa shape index (κ1) is 19.8. The number of esters is 1. The number of rotatable bonds is 5. The average Bonchev–Trinajstić information content (AvgIpc) is 3.38. The number of benzene rings is 2. The molecule has 0 spiro atoms. The molecule has 0 amide bonds. The van der Waals surface area contributed by atoms with Gasteiger partial charge < -0.3 is 14.8 Å². The average molecular weight is 414 g/mol. The van der Waals surface area contributed by atoms with Gasteiger partial charge in [0.1, 0.15) is 11.6 Å². The summed E-state index contributed by atoms with van der Waals surface area (Å²) in [5.41, 5.74) is 2.35. The van der Waals surface area contributed by atoms with Gasteiger partial charge >= 0.3 is 5.97 Å². The van der Waals surface area contributed by atoms with E-state index in [1.54, 1.807) is 31.2 Å². The van der Waals surface area contributed by atoms with Crippen LogP contribution < -0.4 is 0 Å². The summed E-state index contributed by atoms with van der Waals surface area (Å²) in [4.78, 5) is 21.3. The number of fused-ring (bicyclic) bond motifs is 1. The number of hydrogen-bond acceptors (Lipinski definition) is 7. The van der Waals surface area contributed by atoms with Crippen LogP contribution in [0.4, 0.5) is 0 Å². The molecule has 4 aromatic rings. The number of para-hydroxylation sites is 3. The van der Waals surface area contributed by atoms with Crippen molar-refractivity contribution in [3.63, 3.8) is 0 Å². The Morgan fingerprint density at radius 1 is 1.16 bits per heavy atom. The number of aryl methyl sites for hydroxylation is 1. The van der Waals surface area contributed by atoms with Crippen LogP contribution in [0.3, 0.4) is 0 Å². The van der Waals surface area contributed by atoms with Gasteiger partial charge in [0.05, 0.1) is 22.4 Å². The summed E-state index contributed by atoms with van der Waals surface area (Å²) in [6, 6.07) is 18.3. The van der Waals surface area contributed by atoms with Crippen LogP contribution in [-0.4, -0.2) is 42.1 Å². The van der Waals surface area contributed by atoms with Gasteiger partial charge in [0.15, 0.2) is 23.4 Å². The first-order valence-corrected chi connectivity index (χ1v) is 9.46. The third kappa shape index (κ3) is 3.86. The van der Waals surface area contributed by atoms with Gasteiger partial charge in [-0.2, -0.15) is 15.2 Å². The molecular formula is C22H18N6O3. The second-order valence-electron chi connectivity index (χ2n) is 6.78. The normalized spacial score (nSPS) is 12.8. The maximum absolute atomic E-state index is 12.6. The quantitative estimate of drug-likeness (QED) is 0.290. The summed E-state index contributed by atoms with van der Waals surface area (Å²) in [7, 11) is 0. The van der Waals surface area contributed by atoms with Crippen molar-refractivity contribution in [1.29, 1.82) is 5.26 Å². The van der Waals surface area contributed by atoms with Gasteiger partial charge in [-0.3, -0.25) is 0 Å². The number of carbonyl (C=O) groups is 1. The number of allylic oxidation sites excluding steroid dienone is 1. The Balaban J connectivity index is 1.58. The number of H-pyrrole nitrogens is 1. The van der Waals surface area contributed by atoms with E-state index in [4.69, 9.17) is 4.74 Å². The molecule has 0 aliphatic heterocycles. The number of carbonyl (C=O) groups excluding carboxylic acids is 1. The second kappa shape index (κ2) is 8.12. The Bertz CT molecular complexity index is 1300. The van der Waals surface area contributed by atoms with Gasteiger partial charge in [-0.1, -0.05) is 30.3 Å². The third-order valence-electron chi connectivity index (χ3n) is 4.63. The molecule has 2 heterocycles. The minimum Gasteiger partial charge on any atom is -0.507 e. The van der Waals surface area contributed by atoms with E-state index in [2.05, 4.69) is 20.2 Å². The number of nitrogens with zero attached hydrogens (tertiary/aromatic N) is 5. The van der Waals surface area contributed by atoms with E-state index in [-0.39, 0.29) is 17.1 Å². The summed E-state index contributed by atoms with van der Waals surface area (Å²) >= 11 is 0. The van der Waals surface area contributed by atoms with Crippen molar-refractivity contribution in [2.45, 2.75) is 20.0 Å². The van der Waals surface area contributed by atoms with Gasteiger partial charge in [-0.25, -0.2) is 9.78 Å². The smallest absolute Gasteiger partial charge is 0.361 e. The lowest BCUT2D eigenvalue weighted by Gasteiger charge is -2.12. The molecule has 9 nitrogen and oxygen atoms in total. The van der Waals surface area contributed by atoms with Gasteiger partial charge in [0.25, 0.3) is 0 Å². The highest BCUT2D eigenvalue weighted by Gasteiger charge is 2.25. The highest BCUT2D eigenvalue weighted by Crippen LogP contribution is 2.22. The topological polar surface area (TPSA) is 130 Å². The van der Waals surface area contributed by atoms with Crippen LogP contribution in [0.5, 0.6) is 0 Å². The number of ether oxygens (including phenoxy) is 1. The zero-order chi connectivity index (χ0) is 22.0. The maximum atomic E-state index is 12.6. The second-order valence-corrected chi connectivity index (χ2v) is 6.78. The number of aromatic nitrogens is 5. The summed E-state index contributed by atoms with van der Waals surface area (Å²) < 4.78 is 5.35. The number of aromatic amines is 1. The molecule has 0 unspecified atom stereocenters. The molecule has 0 fully saturated rings. The molecule has 0 aliphatic carbocycles. The fourth-order valence-corrected chi connectivity index (χ4v) is 3.02. The molecule has 0 saturated heterocycles. The highest BCUT2D eigenvalue weighted by atomic mass is 16.6. The van der Waals surface area contributed by atoms with Gasteiger partial charge in [0.2, 0.25) is 0 Å². The van der Waals surface area contributed by atoms with Gasteiger partial charge in [-0.05, 0) is 38.1 Å². The first-order chi connectivity index (χ1) is 15.0. The Morgan fingerprint density at radius 2 is 1.87 bits per heavy atom. The van der Waals surface area contributed by atoms with Crippen molar-refractivity contribution in [2.75, 3.05) is 0 Å². The molecular weight excluding hydrogens is 396 g/mol. The number of hydrogen-bond donors (Lipinski definition) is 2. The largest absolute Gasteiger partial charge is 0.507 e. The molecule has 0 radical (unpaired) electrons. The summed E-state index contributed by atoms with van der Waals surface area (Å²) in [5, 5.41) is 28.6. The van der Waals surface area contributed by atoms with Crippen LogP contribution in [-0.2, 0) is 4.74 Å². The van der Waals surface area contributed by atoms with Crippen LogP contribution in [0.15, 0.2) is 60.4 Å². The van der Waals surface area contributed by atoms with Crippen molar-refractivity contribution in [3.05, 3.63) is 77.6 Å². The fourth-order valence-electron chi connectivity index (χ4n) is 3.02. The van der Waals surface area contributed by atoms with Crippen molar-refractivity contribution < 1.29 is 14.6 Å². The predicted molar refractivity (Wildman–Crippen MR) is 112 cm³/mol. The zero-order valence-corrected chi connectivity index (χ0v) is 16.8. The molecule has 2 aromatic heterocycles. The number of nitrogens with one attached hydrogen (secondary N) is 1.